The molecule has 0 aliphatic carbocycles. The number of hydrogen-bond donors (Lipinski definition) is 0. The third-order valence-electron chi connectivity index (χ3n) is 4.81. The van der Waals surface area contributed by atoms with E-state index in [0.29, 0.717) is 22.2 Å². The summed E-state index contributed by atoms with van der Waals surface area (Å²) in [4.78, 5) is 33.6. The fourth-order valence-electron chi connectivity index (χ4n) is 3.14. The Balaban J connectivity index is 1.68. The van der Waals surface area contributed by atoms with E-state index < -0.39 is 4.92 Å². The molecule has 0 aliphatic rings. The summed E-state index contributed by atoms with van der Waals surface area (Å²) >= 11 is 0. The van der Waals surface area contributed by atoms with E-state index in [4.69, 9.17) is 4.84 Å². The van der Waals surface area contributed by atoms with Gasteiger partial charge in [-0.25, -0.2) is 4.98 Å². The standard InChI is InChI=1S/C24H19N5O4/c1-17(19-9-3-2-4-10-19)27-33-16-23-26-22-13-6-5-12-21(22)24(30)28(23)25-15-18-8-7-11-20(14-18)29(31)32/h2-15H,16H2,1H3/b25-15+,27-17+. The van der Waals surface area contributed by atoms with Crippen LogP contribution in [0.15, 0.2) is 93.9 Å². The maximum Gasteiger partial charge on any atom is 0.282 e. The number of non-ortho nitro benzene ring substituents is 1. The van der Waals surface area contributed by atoms with Crippen molar-refractivity contribution < 1.29 is 9.76 Å². The highest BCUT2D eigenvalue weighted by Gasteiger charge is 2.11. The van der Waals surface area contributed by atoms with Crippen molar-refractivity contribution in [2.75, 3.05) is 0 Å². The molecule has 0 spiro atoms. The van der Waals surface area contributed by atoms with Gasteiger partial charge in [0.05, 0.1) is 27.8 Å². The largest absolute Gasteiger partial charge is 0.387 e. The Labute approximate surface area is 188 Å². The minimum Gasteiger partial charge on any atom is -0.387 e. The molecule has 0 saturated heterocycles. The molecule has 4 aromatic rings. The van der Waals surface area contributed by atoms with Gasteiger partial charge in [-0.1, -0.05) is 59.8 Å². The average molecular weight is 441 g/mol. The number of nitro benzene ring substituents is 1. The Morgan fingerprint density at radius 2 is 1.85 bits per heavy atom. The fraction of sp³-hybridized carbons (Fsp3) is 0.0833. The molecule has 0 N–H and O–H groups in total. The summed E-state index contributed by atoms with van der Waals surface area (Å²) in [6, 6.07) is 22.4. The van der Waals surface area contributed by atoms with Crippen LogP contribution in [0.25, 0.3) is 10.9 Å². The highest BCUT2D eigenvalue weighted by molar-refractivity contribution is 5.98. The molecule has 0 unspecified atom stereocenters. The van der Waals surface area contributed by atoms with Gasteiger partial charge >= 0.3 is 0 Å². The summed E-state index contributed by atoms with van der Waals surface area (Å²) in [5.74, 6) is 0.241. The Kier molecular flexibility index (Phi) is 6.31. The number of benzene rings is 3. The Morgan fingerprint density at radius 1 is 1.09 bits per heavy atom. The first kappa shape index (κ1) is 21.6. The molecule has 1 heterocycles. The second-order valence-electron chi connectivity index (χ2n) is 7.07. The van der Waals surface area contributed by atoms with Crippen LogP contribution in [0.5, 0.6) is 0 Å². The zero-order chi connectivity index (χ0) is 23.2. The summed E-state index contributed by atoms with van der Waals surface area (Å²) in [6.45, 7) is 1.72. The van der Waals surface area contributed by atoms with E-state index in [0.717, 1.165) is 10.2 Å². The van der Waals surface area contributed by atoms with Crippen molar-refractivity contribution in [2.45, 2.75) is 13.5 Å². The first-order chi connectivity index (χ1) is 16.0. The van der Waals surface area contributed by atoms with E-state index in [1.807, 2.05) is 37.3 Å². The molecule has 0 saturated carbocycles. The molecule has 9 heteroatoms. The Morgan fingerprint density at radius 3 is 2.64 bits per heavy atom. The van der Waals surface area contributed by atoms with Gasteiger partial charge in [-0.15, -0.1) is 0 Å². The SMILES string of the molecule is C/C(=N\OCc1nc2ccccc2c(=O)n1/N=C/c1cccc([N+](=O)[O-])c1)c1ccccc1. The van der Waals surface area contributed by atoms with E-state index in [1.165, 1.54) is 18.3 Å². The Bertz CT molecular complexity index is 1430. The van der Waals surface area contributed by atoms with Crippen molar-refractivity contribution in [3.8, 4) is 0 Å². The van der Waals surface area contributed by atoms with Gasteiger partial charge < -0.3 is 4.84 Å². The number of rotatable bonds is 7. The number of oxime groups is 1. The van der Waals surface area contributed by atoms with E-state index in [1.54, 1.807) is 36.4 Å². The number of hydrogen-bond acceptors (Lipinski definition) is 7. The second-order valence-corrected chi connectivity index (χ2v) is 7.07. The third kappa shape index (κ3) is 4.99. The van der Waals surface area contributed by atoms with Gasteiger partial charge in [0.25, 0.3) is 11.2 Å². The molecule has 33 heavy (non-hydrogen) atoms. The summed E-state index contributed by atoms with van der Waals surface area (Å²) in [5, 5.41) is 19.8. The van der Waals surface area contributed by atoms with Crippen molar-refractivity contribution in [2.24, 2.45) is 10.3 Å². The van der Waals surface area contributed by atoms with Gasteiger partial charge in [0, 0.05) is 17.7 Å². The maximum atomic E-state index is 13.1. The van der Waals surface area contributed by atoms with Crippen molar-refractivity contribution in [1.82, 2.24) is 9.66 Å². The van der Waals surface area contributed by atoms with Crippen LogP contribution in [-0.4, -0.2) is 26.5 Å². The van der Waals surface area contributed by atoms with Gasteiger partial charge in [-0.2, -0.15) is 9.78 Å². The summed E-state index contributed by atoms with van der Waals surface area (Å²) in [7, 11) is 0. The van der Waals surface area contributed by atoms with Crippen molar-refractivity contribution in [1.29, 1.82) is 0 Å². The van der Waals surface area contributed by atoms with E-state index in [9.17, 15) is 14.9 Å². The molecule has 0 bridgehead atoms. The van der Waals surface area contributed by atoms with Crippen LogP contribution in [0, 0.1) is 10.1 Å². The monoisotopic (exact) mass is 441 g/mol. The van der Waals surface area contributed by atoms with E-state index >= 15 is 0 Å². The molecule has 3 aromatic carbocycles. The summed E-state index contributed by atoms with van der Waals surface area (Å²) in [5.41, 5.74) is 2.10. The van der Waals surface area contributed by atoms with Gasteiger partial charge in [0.2, 0.25) is 0 Å². The van der Waals surface area contributed by atoms with Gasteiger partial charge in [0.15, 0.2) is 12.4 Å². The summed E-state index contributed by atoms with van der Waals surface area (Å²) < 4.78 is 1.12. The molecule has 1 aromatic heterocycles. The highest BCUT2D eigenvalue weighted by Crippen LogP contribution is 2.13. The zero-order valence-corrected chi connectivity index (χ0v) is 17.7. The van der Waals surface area contributed by atoms with E-state index in [-0.39, 0.29) is 23.7 Å². The minimum atomic E-state index is -0.493. The van der Waals surface area contributed by atoms with Crippen LogP contribution in [0.1, 0.15) is 23.9 Å². The lowest BCUT2D eigenvalue weighted by Gasteiger charge is -2.09. The lowest BCUT2D eigenvalue weighted by atomic mass is 10.1. The van der Waals surface area contributed by atoms with Crippen molar-refractivity contribution >= 4 is 28.5 Å². The van der Waals surface area contributed by atoms with Crippen molar-refractivity contribution in [3.05, 3.63) is 116 Å². The third-order valence-corrected chi connectivity index (χ3v) is 4.81. The number of nitrogens with zero attached hydrogens (tertiary/aromatic N) is 5. The van der Waals surface area contributed by atoms with Gasteiger partial charge in [-0.3, -0.25) is 14.9 Å². The second kappa shape index (κ2) is 9.65. The van der Waals surface area contributed by atoms with Crippen LogP contribution in [0.4, 0.5) is 5.69 Å². The number of nitro groups is 1. The fourth-order valence-corrected chi connectivity index (χ4v) is 3.14. The first-order valence-corrected chi connectivity index (χ1v) is 10.0. The first-order valence-electron chi connectivity index (χ1n) is 10.0. The topological polar surface area (TPSA) is 112 Å². The van der Waals surface area contributed by atoms with Crippen LogP contribution in [0.3, 0.4) is 0 Å². The lowest BCUT2D eigenvalue weighted by Crippen LogP contribution is -2.22. The van der Waals surface area contributed by atoms with Crippen LogP contribution in [0.2, 0.25) is 0 Å². The highest BCUT2D eigenvalue weighted by atomic mass is 16.6. The lowest BCUT2D eigenvalue weighted by molar-refractivity contribution is -0.384. The molecule has 0 radical (unpaired) electrons. The van der Waals surface area contributed by atoms with Crippen LogP contribution in [-0.2, 0) is 11.4 Å². The molecule has 4 rings (SSSR count). The average Bonchev–Trinajstić information content (AvgIpc) is 2.84. The molecular weight excluding hydrogens is 422 g/mol. The van der Waals surface area contributed by atoms with Crippen LogP contribution >= 0.6 is 0 Å². The minimum absolute atomic E-state index is 0.0720. The van der Waals surface area contributed by atoms with Gasteiger partial charge in [0.1, 0.15) is 0 Å². The normalized spacial score (nSPS) is 11.7. The smallest absolute Gasteiger partial charge is 0.282 e. The molecule has 0 atom stereocenters. The quantitative estimate of drug-likeness (QED) is 0.243. The number of para-hydroxylation sites is 1. The predicted octanol–water partition coefficient (Wildman–Crippen LogP) is 4.13. The molecule has 0 amide bonds. The number of fused-ring (bicyclic) bond motifs is 1. The van der Waals surface area contributed by atoms with Gasteiger partial charge in [-0.05, 0) is 24.6 Å². The maximum absolute atomic E-state index is 13.1. The van der Waals surface area contributed by atoms with E-state index in [2.05, 4.69) is 15.2 Å². The molecular formula is C24H19N5O4. The molecule has 164 valence electrons. The predicted molar refractivity (Wildman–Crippen MR) is 126 cm³/mol. The molecule has 9 nitrogen and oxygen atoms in total. The summed E-state index contributed by atoms with van der Waals surface area (Å²) in [6.07, 6.45) is 1.37. The van der Waals surface area contributed by atoms with Crippen molar-refractivity contribution in [3.63, 3.8) is 0 Å². The Hall–Kier alpha value is -4.66. The molecule has 0 aliphatic heterocycles. The molecule has 0 fully saturated rings. The van der Waals surface area contributed by atoms with Crippen LogP contribution < -0.4 is 5.56 Å². The number of aromatic nitrogens is 2. The zero-order valence-electron chi connectivity index (χ0n) is 17.7.